The highest BCUT2D eigenvalue weighted by Gasteiger charge is 2.16. The minimum Gasteiger partial charge on any atom is -0.506 e. The topological polar surface area (TPSA) is 110 Å². The van der Waals surface area contributed by atoms with E-state index in [-0.39, 0.29) is 34.9 Å². The zero-order valence-corrected chi connectivity index (χ0v) is 17.1. The quantitative estimate of drug-likeness (QED) is 0.542. The average molecular weight is 435 g/mol. The fraction of sp³-hybridized carbons (Fsp3) is 0.200. The largest absolute Gasteiger partial charge is 0.506 e. The van der Waals surface area contributed by atoms with Gasteiger partial charge in [0.2, 0.25) is 5.91 Å². The van der Waals surface area contributed by atoms with Crippen LogP contribution in [0.5, 0.6) is 5.75 Å². The maximum atomic E-state index is 12.2. The number of hydrogen-bond acceptors (Lipinski definition) is 6. The molecule has 0 saturated carbocycles. The van der Waals surface area contributed by atoms with Gasteiger partial charge in [0.25, 0.3) is 0 Å². The van der Waals surface area contributed by atoms with Crippen LogP contribution in [-0.4, -0.2) is 30.2 Å². The van der Waals surface area contributed by atoms with Crippen molar-refractivity contribution in [3.8, 4) is 17.1 Å². The van der Waals surface area contributed by atoms with Crippen molar-refractivity contribution in [2.75, 3.05) is 11.1 Å². The minimum atomic E-state index is -3.45. The molecule has 0 bridgehead atoms. The molecular formula is C20H19ClN2O5S. The first kappa shape index (κ1) is 20.9. The molecule has 0 radical (unpaired) electrons. The van der Waals surface area contributed by atoms with E-state index in [0.717, 1.165) is 5.56 Å². The van der Waals surface area contributed by atoms with Gasteiger partial charge >= 0.3 is 0 Å². The molecule has 1 amide bonds. The fourth-order valence-corrected chi connectivity index (χ4v) is 3.61. The van der Waals surface area contributed by atoms with E-state index in [0.29, 0.717) is 16.7 Å². The van der Waals surface area contributed by atoms with E-state index >= 15 is 0 Å². The van der Waals surface area contributed by atoms with Crippen LogP contribution in [0.15, 0.2) is 58.0 Å². The molecule has 0 atom stereocenters. The van der Waals surface area contributed by atoms with E-state index in [9.17, 15) is 18.3 Å². The van der Waals surface area contributed by atoms with E-state index in [1.807, 2.05) is 0 Å². The lowest BCUT2D eigenvalue weighted by molar-refractivity contribution is -0.116. The Morgan fingerprint density at radius 2 is 1.93 bits per heavy atom. The molecule has 0 spiro atoms. The lowest BCUT2D eigenvalue weighted by Gasteiger charge is -2.09. The predicted molar refractivity (Wildman–Crippen MR) is 110 cm³/mol. The fourth-order valence-electron chi connectivity index (χ4n) is 2.58. The van der Waals surface area contributed by atoms with E-state index in [1.54, 1.807) is 30.5 Å². The normalized spacial score (nSPS) is 11.4. The highest BCUT2D eigenvalue weighted by molar-refractivity contribution is 7.91. The van der Waals surface area contributed by atoms with Gasteiger partial charge < -0.3 is 14.8 Å². The number of rotatable bonds is 7. The summed E-state index contributed by atoms with van der Waals surface area (Å²) in [6.07, 6.45) is 1.86. The smallest absolute Gasteiger partial charge is 0.224 e. The Morgan fingerprint density at radius 1 is 1.21 bits per heavy atom. The number of aryl methyl sites for hydroxylation is 1. The summed E-state index contributed by atoms with van der Waals surface area (Å²) in [5, 5.41) is 13.0. The molecular weight excluding hydrogens is 416 g/mol. The Balaban J connectivity index is 1.64. The van der Waals surface area contributed by atoms with Gasteiger partial charge in [-0.15, -0.1) is 0 Å². The number of sulfone groups is 1. The Bertz CT molecular complexity index is 1120. The van der Waals surface area contributed by atoms with Crippen molar-refractivity contribution < 1.29 is 22.7 Å². The van der Waals surface area contributed by atoms with E-state index < -0.39 is 15.7 Å². The number of anilines is 1. The Morgan fingerprint density at radius 3 is 2.62 bits per heavy atom. The van der Waals surface area contributed by atoms with E-state index in [1.165, 1.54) is 25.1 Å². The number of aromatic hydroxyl groups is 1. The molecule has 3 aromatic rings. The van der Waals surface area contributed by atoms with Crippen LogP contribution >= 0.6 is 11.6 Å². The molecule has 7 nitrogen and oxygen atoms in total. The third-order valence-electron chi connectivity index (χ3n) is 4.23. The second kappa shape index (κ2) is 8.67. The van der Waals surface area contributed by atoms with Crippen molar-refractivity contribution in [1.82, 2.24) is 4.98 Å². The van der Waals surface area contributed by atoms with E-state index in [4.69, 9.17) is 16.0 Å². The van der Waals surface area contributed by atoms with Crippen LogP contribution in [0.4, 0.5) is 5.69 Å². The van der Waals surface area contributed by atoms with Crippen LogP contribution in [0.1, 0.15) is 19.2 Å². The number of aromatic nitrogens is 1. The Kier molecular flexibility index (Phi) is 6.24. The van der Waals surface area contributed by atoms with Gasteiger partial charge in [-0.1, -0.05) is 18.5 Å². The second-order valence-electron chi connectivity index (χ2n) is 6.26. The summed E-state index contributed by atoms with van der Waals surface area (Å²) < 4.78 is 29.6. The highest BCUT2D eigenvalue weighted by atomic mass is 35.5. The molecule has 0 saturated heterocycles. The molecule has 9 heteroatoms. The maximum Gasteiger partial charge on any atom is 0.224 e. The first-order chi connectivity index (χ1) is 13.8. The van der Waals surface area contributed by atoms with Crippen molar-refractivity contribution >= 4 is 33.0 Å². The lowest BCUT2D eigenvalue weighted by atomic mass is 10.2. The zero-order chi connectivity index (χ0) is 21.0. The van der Waals surface area contributed by atoms with Crippen LogP contribution in [0, 0.1) is 0 Å². The van der Waals surface area contributed by atoms with Gasteiger partial charge in [-0.3, -0.25) is 4.79 Å². The van der Waals surface area contributed by atoms with Gasteiger partial charge in [0, 0.05) is 23.4 Å². The number of amides is 1. The first-order valence-electron chi connectivity index (χ1n) is 8.85. The number of nitrogens with zero attached hydrogens (tertiary/aromatic N) is 1. The zero-order valence-electron chi connectivity index (χ0n) is 15.6. The molecule has 29 heavy (non-hydrogen) atoms. The second-order valence-corrected chi connectivity index (χ2v) is 8.97. The predicted octanol–water partition coefficient (Wildman–Crippen LogP) is 4.07. The molecule has 1 aromatic heterocycles. The van der Waals surface area contributed by atoms with Crippen LogP contribution in [0.3, 0.4) is 0 Å². The molecule has 3 rings (SSSR count). The number of benzene rings is 2. The summed E-state index contributed by atoms with van der Waals surface area (Å²) >= 11 is 5.87. The third kappa shape index (κ3) is 5.16. The number of carbonyl (C=O) groups excluding carboxylic acids is 1. The van der Waals surface area contributed by atoms with Crippen LogP contribution in [0.25, 0.3) is 11.3 Å². The van der Waals surface area contributed by atoms with Crippen molar-refractivity contribution in [2.45, 2.75) is 24.7 Å². The van der Waals surface area contributed by atoms with Crippen LogP contribution in [0.2, 0.25) is 5.02 Å². The molecule has 0 aliphatic heterocycles. The van der Waals surface area contributed by atoms with Crippen molar-refractivity contribution in [3.05, 3.63) is 59.6 Å². The molecule has 2 aromatic carbocycles. The Hall–Kier alpha value is -2.84. The number of phenols is 1. The molecule has 0 aliphatic rings. The maximum absolute atomic E-state index is 12.2. The number of phenolic OH excluding ortho intramolecular Hbond substituents is 1. The SMILES string of the molecule is CCS(=O)(=O)c1ccc(O)c(NC(=O)CCc2ncc(-c3ccc(Cl)cc3)o2)c1. The number of halogens is 1. The summed E-state index contributed by atoms with van der Waals surface area (Å²) in [5.74, 6) is 0.252. The highest BCUT2D eigenvalue weighted by Crippen LogP contribution is 2.27. The first-order valence-corrected chi connectivity index (χ1v) is 10.9. The molecule has 0 unspecified atom stereocenters. The summed E-state index contributed by atoms with van der Waals surface area (Å²) in [5.41, 5.74) is 0.857. The molecule has 0 fully saturated rings. The van der Waals surface area contributed by atoms with Gasteiger partial charge in [0.05, 0.1) is 22.5 Å². The van der Waals surface area contributed by atoms with Gasteiger partial charge in [-0.25, -0.2) is 13.4 Å². The van der Waals surface area contributed by atoms with Crippen molar-refractivity contribution in [1.29, 1.82) is 0 Å². The lowest BCUT2D eigenvalue weighted by Crippen LogP contribution is -2.13. The molecule has 2 N–H and O–H groups in total. The summed E-state index contributed by atoms with van der Waals surface area (Å²) in [6, 6.07) is 10.9. The van der Waals surface area contributed by atoms with Gasteiger partial charge in [-0.05, 0) is 42.5 Å². The minimum absolute atomic E-state index is 0.0356. The Labute approximate surface area is 173 Å². The number of carbonyl (C=O) groups is 1. The summed E-state index contributed by atoms with van der Waals surface area (Å²) in [4.78, 5) is 16.4. The molecule has 1 heterocycles. The van der Waals surface area contributed by atoms with Crippen LogP contribution < -0.4 is 5.32 Å². The number of hydrogen-bond donors (Lipinski definition) is 2. The molecule has 0 aliphatic carbocycles. The monoisotopic (exact) mass is 434 g/mol. The third-order valence-corrected chi connectivity index (χ3v) is 6.21. The van der Waals surface area contributed by atoms with Crippen LogP contribution in [-0.2, 0) is 21.1 Å². The average Bonchev–Trinajstić information content (AvgIpc) is 3.17. The summed E-state index contributed by atoms with van der Waals surface area (Å²) in [6.45, 7) is 1.52. The van der Waals surface area contributed by atoms with Crippen molar-refractivity contribution in [3.63, 3.8) is 0 Å². The number of nitrogens with one attached hydrogen (secondary N) is 1. The van der Waals surface area contributed by atoms with Crippen molar-refractivity contribution in [2.24, 2.45) is 0 Å². The standard InChI is InChI=1S/C20H19ClN2O5S/c1-2-29(26,27)15-7-8-17(24)16(11-15)23-19(25)9-10-20-22-12-18(28-20)13-3-5-14(21)6-4-13/h3-8,11-12,24H,2,9-10H2,1H3,(H,23,25). The summed E-state index contributed by atoms with van der Waals surface area (Å²) in [7, 11) is -3.45. The number of oxazole rings is 1. The van der Waals surface area contributed by atoms with Gasteiger partial charge in [0.15, 0.2) is 21.5 Å². The van der Waals surface area contributed by atoms with Gasteiger partial charge in [-0.2, -0.15) is 0 Å². The molecule has 152 valence electrons. The van der Waals surface area contributed by atoms with Gasteiger partial charge in [0.1, 0.15) is 5.75 Å². The van der Waals surface area contributed by atoms with E-state index in [2.05, 4.69) is 10.3 Å².